The molecule has 0 aliphatic carbocycles. The van der Waals surface area contributed by atoms with E-state index in [9.17, 15) is 0 Å². The molecule has 2 nitrogen and oxygen atoms in total. The summed E-state index contributed by atoms with van der Waals surface area (Å²) in [4.78, 5) is 0. The number of hydrogen-bond donors (Lipinski definition) is 2. The zero-order valence-electron chi connectivity index (χ0n) is 13.3. The molecule has 0 aliphatic heterocycles. The maximum atomic E-state index is 5.52. The van der Waals surface area contributed by atoms with E-state index in [0.717, 1.165) is 6.42 Å². The van der Waals surface area contributed by atoms with E-state index in [0.29, 0.717) is 0 Å². The van der Waals surface area contributed by atoms with E-state index in [2.05, 4.69) is 6.92 Å². The first-order valence-electron chi connectivity index (χ1n) is 8.78. The molecule has 0 saturated heterocycles. The van der Waals surface area contributed by atoms with Gasteiger partial charge in [-0.05, 0) is 6.42 Å². The lowest BCUT2D eigenvalue weighted by molar-refractivity contribution is 0.519. The minimum absolute atomic E-state index is 0.0997. The molecule has 0 fully saturated rings. The summed E-state index contributed by atoms with van der Waals surface area (Å²) in [6.07, 6.45) is 20.5. The van der Waals surface area contributed by atoms with Gasteiger partial charge in [0.25, 0.3) is 0 Å². The Balaban J connectivity index is 2.91. The van der Waals surface area contributed by atoms with Crippen molar-refractivity contribution in [3.8, 4) is 0 Å². The molecule has 0 aromatic heterocycles. The molecule has 0 amide bonds. The third-order valence-electron chi connectivity index (χ3n) is 3.89. The molecule has 0 heterocycles. The fraction of sp³-hybridized carbons (Fsp3) is 1.00. The highest BCUT2D eigenvalue weighted by Gasteiger charge is 1.95. The Kier molecular flexibility index (Phi) is 15.9. The van der Waals surface area contributed by atoms with Crippen LogP contribution in [-0.2, 0) is 0 Å². The van der Waals surface area contributed by atoms with Gasteiger partial charge < -0.3 is 11.5 Å². The van der Waals surface area contributed by atoms with E-state index in [1.807, 2.05) is 0 Å². The Morgan fingerprint density at radius 2 is 0.842 bits per heavy atom. The maximum Gasteiger partial charge on any atom is 0.0520 e. The largest absolute Gasteiger partial charge is 0.316 e. The summed E-state index contributed by atoms with van der Waals surface area (Å²) in [5.74, 6) is 0. The van der Waals surface area contributed by atoms with Crippen molar-refractivity contribution in [1.82, 2.24) is 0 Å². The first-order valence-corrected chi connectivity index (χ1v) is 8.78. The fourth-order valence-corrected chi connectivity index (χ4v) is 2.57. The summed E-state index contributed by atoms with van der Waals surface area (Å²) in [6, 6.07) is 0. The summed E-state index contributed by atoms with van der Waals surface area (Å²) in [5.41, 5.74) is 11.0. The van der Waals surface area contributed by atoms with Crippen molar-refractivity contribution in [1.29, 1.82) is 0 Å². The van der Waals surface area contributed by atoms with Crippen LogP contribution in [0.4, 0.5) is 0 Å². The van der Waals surface area contributed by atoms with Crippen LogP contribution in [0.15, 0.2) is 0 Å². The second-order valence-corrected chi connectivity index (χ2v) is 6.05. The standard InChI is InChI=1S/C17H38N2/c1-2-3-4-5-6-7-8-9-10-11-12-13-14-15-16-17(18)19/h17H,2-16,18-19H2,1H3. The molecule has 2 heteroatoms. The Morgan fingerprint density at radius 3 is 1.16 bits per heavy atom. The zero-order valence-corrected chi connectivity index (χ0v) is 13.3. The van der Waals surface area contributed by atoms with Crippen LogP contribution in [0.25, 0.3) is 0 Å². The Hall–Kier alpha value is -0.0800. The van der Waals surface area contributed by atoms with Crippen LogP contribution >= 0.6 is 0 Å². The summed E-state index contributed by atoms with van der Waals surface area (Å²) >= 11 is 0. The van der Waals surface area contributed by atoms with Crippen molar-refractivity contribution in [3.63, 3.8) is 0 Å². The molecule has 0 rings (SSSR count). The van der Waals surface area contributed by atoms with Gasteiger partial charge in [0.05, 0.1) is 6.17 Å². The van der Waals surface area contributed by atoms with E-state index < -0.39 is 0 Å². The van der Waals surface area contributed by atoms with Crippen LogP contribution in [0.3, 0.4) is 0 Å². The van der Waals surface area contributed by atoms with E-state index >= 15 is 0 Å². The van der Waals surface area contributed by atoms with E-state index in [1.54, 1.807) is 0 Å². The van der Waals surface area contributed by atoms with Crippen LogP contribution in [0.2, 0.25) is 0 Å². The quantitative estimate of drug-likeness (QED) is 0.321. The molecule has 0 aromatic rings. The van der Waals surface area contributed by atoms with Crippen molar-refractivity contribution in [2.45, 2.75) is 109 Å². The molecular weight excluding hydrogens is 232 g/mol. The molecule has 0 unspecified atom stereocenters. The van der Waals surface area contributed by atoms with E-state index in [4.69, 9.17) is 11.5 Å². The molecule has 0 aliphatic rings. The molecular formula is C17H38N2. The summed E-state index contributed by atoms with van der Waals surface area (Å²) < 4.78 is 0. The normalized spacial score (nSPS) is 11.4. The van der Waals surface area contributed by atoms with E-state index in [-0.39, 0.29) is 6.17 Å². The molecule has 0 spiro atoms. The van der Waals surface area contributed by atoms with Gasteiger partial charge in [0, 0.05) is 0 Å². The Labute approximate surface area is 121 Å². The average molecular weight is 271 g/mol. The predicted octanol–water partition coefficient (Wildman–Crippen LogP) is 5.10. The highest BCUT2D eigenvalue weighted by Crippen LogP contribution is 2.13. The average Bonchev–Trinajstić information content (AvgIpc) is 2.39. The van der Waals surface area contributed by atoms with Crippen LogP contribution in [0.5, 0.6) is 0 Å². The first kappa shape index (κ1) is 18.9. The predicted molar refractivity (Wildman–Crippen MR) is 87.1 cm³/mol. The second kappa shape index (κ2) is 16.0. The monoisotopic (exact) mass is 270 g/mol. The van der Waals surface area contributed by atoms with Gasteiger partial charge in [-0.1, -0.05) is 96.8 Å². The third-order valence-corrected chi connectivity index (χ3v) is 3.89. The number of unbranched alkanes of at least 4 members (excludes halogenated alkanes) is 13. The number of rotatable bonds is 15. The minimum Gasteiger partial charge on any atom is -0.316 e. The molecule has 19 heavy (non-hydrogen) atoms. The lowest BCUT2D eigenvalue weighted by atomic mass is 10.0. The maximum absolute atomic E-state index is 5.52. The van der Waals surface area contributed by atoms with Crippen LogP contribution in [-0.4, -0.2) is 6.17 Å². The number of hydrogen-bond acceptors (Lipinski definition) is 2. The summed E-state index contributed by atoms with van der Waals surface area (Å²) in [7, 11) is 0. The SMILES string of the molecule is CCCCCCCCCCCCCCCCC(N)N. The molecule has 4 N–H and O–H groups in total. The van der Waals surface area contributed by atoms with E-state index in [1.165, 1.54) is 89.9 Å². The van der Waals surface area contributed by atoms with Gasteiger partial charge in [0.2, 0.25) is 0 Å². The van der Waals surface area contributed by atoms with Crippen molar-refractivity contribution >= 4 is 0 Å². The molecule has 0 saturated carbocycles. The smallest absolute Gasteiger partial charge is 0.0520 e. The summed E-state index contributed by atoms with van der Waals surface area (Å²) in [5, 5.41) is 0. The zero-order chi connectivity index (χ0) is 14.2. The third kappa shape index (κ3) is 17.9. The fourth-order valence-electron chi connectivity index (χ4n) is 2.57. The van der Waals surface area contributed by atoms with Crippen LogP contribution in [0, 0.1) is 0 Å². The van der Waals surface area contributed by atoms with Crippen LogP contribution in [0.1, 0.15) is 103 Å². The van der Waals surface area contributed by atoms with Gasteiger partial charge in [-0.25, -0.2) is 0 Å². The van der Waals surface area contributed by atoms with Crippen molar-refractivity contribution in [3.05, 3.63) is 0 Å². The highest BCUT2D eigenvalue weighted by atomic mass is 14.8. The van der Waals surface area contributed by atoms with Crippen molar-refractivity contribution < 1.29 is 0 Å². The van der Waals surface area contributed by atoms with Crippen LogP contribution < -0.4 is 11.5 Å². The van der Waals surface area contributed by atoms with Gasteiger partial charge in [0.1, 0.15) is 0 Å². The molecule has 116 valence electrons. The summed E-state index contributed by atoms with van der Waals surface area (Å²) in [6.45, 7) is 2.28. The van der Waals surface area contributed by atoms with Crippen molar-refractivity contribution in [2.24, 2.45) is 11.5 Å². The Morgan fingerprint density at radius 1 is 0.526 bits per heavy atom. The lowest BCUT2D eigenvalue weighted by Crippen LogP contribution is -2.29. The minimum atomic E-state index is -0.0997. The first-order chi connectivity index (χ1) is 9.27. The second-order valence-electron chi connectivity index (χ2n) is 6.05. The van der Waals surface area contributed by atoms with Crippen molar-refractivity contribution in [2.75, 3.05) is 0 Å². The van der Waals surface area contributed by atoms with Gasteiger partial charge in [0.15, 0.2) is 0 Å². The topological polar surface area (TPSA) is 52.0 Å². The molecule has 0 bridgehead atoms. The lowest BCUT2D eigenvalue weighted by Gasteiger charge is -2.05. The van der Waals surface area contributed by atoms with Gasteiger partial charge in [-0.2, -0.15) is 0 Å². The number of nitrogens with two attached hydrogens (primary N) is 2. The Bertz CT molecular complexity index is 157. The highest BCUT2D eigenvalue weighted by molar-refractivity contribution is 4.53. The molecule has 0 atom stereocenters. The molecule has 0 aromatic carbocycles. The molecule has 0 radical (unpaired) electrons. The van der Waals surface area contributed by atoms with Gasteiger partial charge in [-0.3, -0.25) is 0 Å². The van der Waals surface area contributed by atoms with Gasteiger partial charge >= 0.3 is 0 Å². The van der Waals surface area contributed by atoms with Gasteiger partial charge in [-0.15, -0.1) is 0 Å².